The molecule has 5 aliphatic rings. The van der Waals surface area contributed by atoms with Crippen LogP contribution < -0.4 is 0 Å². The summed E-state index contributed by atoms with van der Waals surface area (Å²) < 4.78 is 18.4. The highest BCUT2D eigenvalue weighted by Gasteiger charge is 2.56. The number of rotatable bonds is 2. The molecule has 0 aromatic heterocycles. The van der Waals surface area contributed by atoms with Crippen LogP contribution in [0.5, 0.6) is 0 Å². The molecule has 0 amide bonds. The number of ketones is 3. The zero-order valence-electron chi connectivity index (χ0n) is 31.5. The Labute approximate surface area is 294 Å². The van der Waals surface area contributed by atoms with Crippen molar-refractivity contribution in [2.45, 2.75) is 156 Å². The van der Waals surface area contributed by atoms with Gasteiger partial charge in [-0.1, -0.05) is 57.8 Å². The van der Waals surface area contributed by atoms with E-state index in [1.165, 1.54) is 7.11 Å². The van der Waals surface area contributed by atoms with E-state index in [1.807, 2.05) is 34.6 Å². The zero-order valence-corrected chi connectivity index (χ0v) is 31.5. The third-order valence-electron chi connectivity index (χ3n) is 13.1. The lowest BCUT2D eigenvalue weighted by atomic mass is 9.58. The Morgan fingerprint density at radius 3 is 2.35 bits per heavy atom. The molecule has 2 bridgehead atoms. The second-order valence-electron chi connectivity index (χ2n) is 17.3. The van der Waals surface area contributed by atoms with E-state index in [0.717, 1.165) is 55.2 Å². The molecule has 0 aromatic carbocycles. The molecule has 0 aromatic rings. The Hall–Kier alpha value is -2.16. The Kier molecular flexibility index (Phi) is 11.5. The highest BCUT2D eigenvalue weighted by atomic mass is 16.6. The fourth-order valence-electron chi connectivity index (χ4n) is 9.80. The quantitative estimate of drug-likeness (QED) is 0.185. The standard InChI is InChI=1S/C41H62O8/c1-22(2)27-19-30(42)25(5)12-10-11-23(3)18-32(44)38-28-17-24(4)13-14-35-41(8,49-35)16-15-34-40(7,46)21-33(48-34)36(28)26(6)37(39(45)47-9)29(38)20-31(27)43/h17,22-23,25,27-29,33-35,37-38,46H,10-16,18-21H2,1-9H3/b24-17-/t23-,25+,27-,28-,29?,33-,34+,35-,37-,38-,40-,41+/m0/s1. The molecule has 274 valence electrons. The van der Waals surface area contributed by atoms with E-state index in [2.05, 4.69) is 26.8 Å². The summed E-state index contributed by atoms with van der Waals surface area (Å²) in [5.74, 6) is -3.48. The third kappa shape index (κ3) is 8.02. The molecular weight excluding hydrogens is 620 g/mol. The van der Waals surface area contributed by atoms with Gasteiger partial charge < -0.3 is 19.3 Å². The van der Waals surface area contributed by atoms with E-state index in [-0.39, 0.29) is 59.7 Å². The number of carbonyl (C=O) groups excluding carboxylic acids is 4. The minimum Gasteiger partial charge on any atom is -0.469 e. The van der Waals surface area contributed by atoms with Gasteiger partial charge in [-0.25, -0.2) is 0 Å². The van der Waals surface area contributed by atoms with E-state index >= 15 is 0 Å². The summed E-state index contributed by atoms with van der Waals surface area (Å²) in [6, 6.07) is 0. The molecule has 1 N–H and O–H groups in total. The summed E-state index contributed by atoms with van der Waals surface area (Å²) in [7, 11) is 1.36. The number of epoxide rings is 1. The van der Waals surface area contributed by atoms with Gasteiger partial charge in [0.1, 0.15) is 17.3 Å². The van der Waals surface area contributed by atoms with Crippen molar-refractivity contribution in [3.05, 3.63) is 22.8 Å². The van der Waals surface area contributed by atoms with Crippen molar-refractivity contribution in [1.29, 1.82) is 0 Å². The summed E-state index contributed by atoms with van der Waals surface area (Å²) in [6.45, 7) is 16.0. The van der Waals surface area contributed by atoms with Crippen LogP contribution >= 0.6 is 0 Å². The first kappa shape index (κ1) is 38.1. The predicted octanol–water partition coefficient (Wildman–Crippen LogP) is 7.15. The number of allylic oxidation sites excluding steroid dienone is 2. The second-order valence-corrected chi connectivity index (χ2v) is 17.3. The normalized spacial score (nSPS) is 43.9. The number of Topliss-reactive ketones (excluding diaryl/α,β-unsaturated/α-hetero) is 3. The van der Waals surface area contributed by atoms with Crippen LogP contribution in [0.4, 0.5) is 0 Å². The van der Waals surface area contributed by atoms with Gasteiger partial charge in [0.2, 0.25) is 0 Å². The molecule has 1 saturated carbocycles. The summed E-state index contributed by atoms with van der Waals surface area (Å²) in [4.78, 5) is 56.6. The van der Waals surface area contributed by atoms with Crippen molar-refractivity contribution in [3.8, 4) is 0 Å². The zero-order chi connectivity index (χ0) is 36.0. The minimum atomic E-state index is -1.10. The SMILES string of the molecule is COC(=O)[C@H]1C(C)=C2[C@@H]3C[C@](C)(O)[C@@H](CC[C@@]4(C)O[C@H]4CC/C(C)=C\[C@@H]2[C@@H]2C(=O)C[C@@H](C)CCC[C@@H](C)C(=O)C[C@@H](C(C)C)C(=O)CC12)O3. The van der Waals surface area contributed by atoms with Gasteiger partial charge in [-0.05, 0) is 83.1 Å². The fourth-order valence-corrected chi connectivity index (χ4v) is 9.80. The number of aliphatic hydroxyl groups is 1. The van der Waals surface area contributed by atoms with Crippen LogP contribution in [0.1, 0.15) is 126 Å². The molecule has 3 fully saturated rings. The number of carbonyl (C=O) groups is 4. The Morgan fingerprint density at radius 1 is 0.959 bits per heavy atom. The number of hydrogen-bond acceptors (Lipinski definition) is 8. The molecule has 49 heavy (non-hydrogen) atoms. The molecule has 8 heteroatoms. The molecule has 2 saturated heterocycles. The summed E-state index contributed by atoms with van der Waals surface area (Å²) in [5.41, 5.74) is 1.45. The van der Waals surface area contributed by atoms with Crippen molar-refractivity contribution in [3.63, 3.8) is 0 Å². The predicted molar refractivity (Wildman–Crippen MR) is 187 cm³/mol. The monoisotopic (exact) mass is 682 g/mol. The second kappa shape index (κ2) is 14.8. The summed E-state index contributed by atoms with van der Waals surface area (Å²) in [5, 5.41) is 11.7. The van der Waals surface area contributed by atoms with E-state index in [0.29, 0.717) is 19.3 Å². The average Bonchev–Trinajstić information content (AvgIpc) is 3.56. The van der Waals surface area contributed by atoms with Gasteiger partial charge in [0.15, 0.2) is 0 Å². The number of methoxy groups -OCH3 is 1. The van der Waals surface area contributed by atoms with Crippen LogP contribution in [0, 0.1) is 47.3 Å². The lowest BCUT2D eigenvalue weighted by molar-refractivity contribution is -0.149. The number of hydrogen-bond donors (Lipinski definition) is 1. The van der Waals surface area contributed by atoms with Crippen molar-refractivity contribution in [2.75, 3.05) is 7.11 Å². The van der Waals surface area contributed by atoms with Gasteiger partial charge in [-0.2, -0.15) is 0 Å². The molecule has 0 spiro atoms. The van der Waals surface area contributed by atoms with E-state index in [1.54, 1.807) is 0 Å². The molecule has 5 rings (SSSR count). The van der Waals surface area contributed by atoms with Crippen LogP contribution in [-0.2, 0) is 33.4 Å². The topological polar surface area (TPSA) is 119 Å². The molecule has 3 heterocycles. The number of fused-ring (bicyclic) bond motifs is 7. The van der Waals surface area contributed by atoms with Crippen LogP contribution in [-0.4, -0.2) is 65.0 Å². The Morgan fingerprint density at radius 2 is 1.67 bits per heavy atom. The lowest BCUT2D eigenvalue weighted by Crippen LogP contribution is -2.47. The van der Waals surface area contributed by atoms with Crippen molar-refractivity contribution < 1.29 is 38.5 Å². The first-order chi connectivity index (χ1) is 23.0. The third-order valence-corrected chi connectivity index (χ3v) is 13.1. The van der Waals surface area contributed by atoms with E-state index < -0.39 is 53.4 Å². The van der Waals surface area contributed by atoms with E-state index in [9.17, 15) is 24.3 Å². The van der Waals surface area contributed by atoms with Gasteiger partial charge in [-0.3, -0.25) is 19.2 Å². The van der Waals surface area contributed by atoms with Crippen molar-refractivity contribution >= 4 is 23.3 Å². The van der Waals surface area contributed by atoms with Crippen molar-refractivity contribution in [1.82, 2.24) is 0 Å². The molecule has 3 aliphatic heterocycles. The molecule has 2 aliphatic carbocycles. The summed E-state index contributed by atoms with van der Waals surface area (Å²) >= 11 is 0. The Balaban J connectivity index is 1.68. The minimum absolute atomic E-state index is 0.0171. The number of esters is 1. The highest BCUT2D eigenvalue weighted by Crippen LogP contribution is 2.53. The van der Waals surface area contributed by atoms with Gasteiger partial charge in [0, 0.05) is 49.4 Å². The van der Waals surface area contributed by atoms with Crippen LogP contribution in [0.15, 0.2) is 22.8 Å². The molecule has 12 atom stereocenters. The van der Waals surface area contributed by atoms with Crippen LogP contribution in [0.2, 0.25) is 0 Å². The summed E-state index contributed by atoms with van der Waals surface area (Å²) in [6.07, 6.45) is 7.78. The van der Waals surface area contributed by atoms with Gasteiger partial charge in [0.25, 0.3) is 0 Å². The maximum Gasteiger partial charge on any atom is 0.313 e. The average molecular weight is 683 g/mol. The largest absolute Gasteiger partial charge is 0.469 e. The van der Waals surface area contributed by atoms with Crippen LogP contribution in [0.25, 0.3) is 0 Å². The molecule has 0 radical (unpaired) electrons. The maximum absolute atomic E-state index is 14.9. The molecule has 8 nitrogen and oxygen atoms in total. The highest BCUT2D eigenvalue weighted by molar-refractivity contribution is 5.91. The maximum atomic E-state index is 14.9. The van der Waals surface area contributed by atoms with Crippen LogP contribution in [0.3, 0.4) is 0 Å². The van der Waals surface area contributed by atoms with Gasteiger partial charge in [-0.15, -0.1) is 0 Å². The lowest BCUT2D eigenvalue weighted by Gasteiger charge is -2.45. The Bertz CT molecular complexity index is 1360. The van der Waals surface area contributed by atoms with Crippen molar-refractivity contribution in [2.24, 2.45) is 47.3 Å². The van der Waals surface area contributed by atoms with Gasteiger partial charge in [0.05, 0.1) is 42.5 Å². The molecule has 1 unspecified atom stereocenters. The van der Waals surface area contributed by atoms with E-state index in [4.69, 9.17) is 14.2 Å². The smallest absolute Gasteiger partial charge is 0.313 e. The number of ether oxygens (including phenoxy) is 3. The first-order valence-corrected chi connectivity index (χ1v) is 19.1. The van der Waals surface area contributed by atoms with Gasteiger partial charge >= 0.3 is 5.97 Å². The first-order valence-electron chi connectivity index (χ1n) is 19.1. The fraction of sp³-hybridized carbons (Fsp3) is 0.805. The molecular formula is C41H62O8.